The number of rotatable bonds is 2. The number of nitriles is 1. The standard InChI is InChI=1S/C10H10N4O2/c1-7-2-3-8(6-13-7)14-10(16)9(15)12-5-4-11/h2-3,6H,5H2,1H3,(H,12,15)(H,14,16). The van der Waals surface area contributed by atoms with E-state index in [0.717, 1.165) is 5.69 Å². The average Bonchev–Trinajstić information content (AvgIpc) is 2.29. The number of carbonyl (C=O) groups is 2. The Bertz CT molecular complexity index is 433. The fourth-order valence-corrected chi connectivity index (χ4v) is 0.930. The van der Waals surface area contributed by atoms with E-state index in [1.807, 2.05) is 6.92 Å². The number of aryl methyl sites for hydroxylation is 1. The van der Waals surface area contributed by atoms with Crippen LogP contribution in [0.15, 0.2) is 18.3 Å². The quantitative estimate of drug-likeness (QED) is 0.538. The number of pyridine rings is 1. The number of hydrogen-bond donors (Lipinski definition) is 2. The predicted octanol–water partition coefficient (Wildman–Crippen LogP) is -0.0317. The van der Waals surface area contributed by atoms with Crippen LogP contribution in [-0.4, -0.2) is 23.3 Å². The van der Waals surface area contributed by atoms with Crippen LogP contribution in [0.1, 0.15) is 5.69 Å². The summed E-state index contributed by atoms with van der Waals surface area (Å²) in [5.41, 5.74) is 1.25. The van der Waals surface area contributed by atoms with Crippen LogP contribution in [-0.2, 0) is 9.59 Å². The fourth-order valence-electron chi connectivity index (χ4n) is 0.930. The Morgan fingerprint density at radius 2 is 2.19 bits per heavy atom. The number of carbonyl (C=O) groups excluding carboxylic acids is 2. The number of hydrogen-bond acceptors (Lipinski definition) is 4. The van der Waals surface area contributed by atoms with Gasteiger partial charge in [0.1, 0.15) is 6.54 Å². The Kier molecular flexibility index (Phi) is 3.98. The Morgan fingerprint density at radius 3 is 2.75 bits per heavy atom. The summed E-state index contributed by atoms with van der Waals surface area (Å²) in [6, 6.07) is 5.05. The minimum Gasteiger partial charge on any atom is -0.335 e. The van der Waals surface area contributed by atoms with Crippen molar-refractivity contribution in [1.82, 2.24) is 10.3 Å². The fraction of sp³-hybridized carbons (Fsp3) is 0.200. The second-order valence-electron chi connectivity index (χ2n) is 2.98. The first-order valence-corrected chi connectivity index (χ1v) is 4.52. The van der Waals surface area contributed by atoms with Crippen molar-refractivity contribution in [3.63, 3.8) is 0 Å². The molecule has 6 heteroatoms. The molecule has 0 bridgehead atoms. The highest BCUT2D eigenvalue weighted by molar-refractivity contribution is 6.39. The molecule has 0 aliphatic rings. The number of nitrogens with one attached hydrogen (secondary N) is 2. The lowest BCUT2D eigenvalue weighted by Crippen LogP contribution is -2.35. The van der Waals surface area contributed by atoms with Crippen LogP contribution in [0.4, 0.5) is 5.69 Å². The SMILES string of the molecule is Cc1ccc(NC(=O)C(=O)NCC#N)cn1. The molecule has 0 spiro atoms. The molecule has 0 fully saturated rings. The Labute approximate surface area is 92.3 Å². The summed E-state index contributed by atoms with van der Waals surface area (Å²) in [6.07, 6.45) is 1.45. The maximum atomic E-state index is 11.2. The molecule has 0 saturated heterocycles. The summed E-state index contributed by atoms with van der Waals surface area (Å²) < 4.78 is 0. The van der Waals surface area contributed by atoms with Crippen LogP contribution >= 0.6 is 0 Å². The molecular formula is C10H10N4O2. The third-order valence-electron chi connectivity index (χ3n) is 1.70. The smallest absolute Gasteiger partial charge is 0.313 e. The molecule has 16 heavy (non-hydrogen) atoms. The normalized spacial score (nSPS) is 9.00. The molecule has 6 nitrogen and oxygen atoms in total. The van der Waals surface area contributed by atoms with E-state index in [4.69, 9.17) is 5.26 Å². The maximum Gasteiger partial charge on any atom is 0.313 e. The molecule has 0 atom stereocenters. The van der Waals surface area contributed by atoms with Gasteiger partial charge in [0.05, 0.1) is 18.0 Å². The molecule has 1 aromatic rings. The number of aromatic nitrogens is 1. The highest BCUT2D eigenvalue weighted by atomic mass is 16.2. The van der Waals surface area contributed by atoms with Crippen molar-refractivity contribution in [1.29, 1.82) is 5.26 Å². The Balaban J connectivity index is 2.55. The van der Waals surface area contributed by atoms with Gasteiger partial charge in [-0.1, -0.05) is 0 Å². The minimum absolute atomic E-state index is 0.196. The molecule has 1 aromatic heterocycles. The van der Waals surface area contributed by atoms with Crippen molar-refractivity contribution in [3.05, 3.63) is 24.0 Å². The molecule has 1 rings (SSSR count). The van der Waals surface area contributed by atoms with E-state index in [0.29, 0.717) is 5.69 Å². The maximum absolute atomic E-state index is 11.2. The first kappa shape index (κ1) is 11.7. The van der Waals surface area contributed by atoms with E-state index in [-0.39, 0.29) is 6.54 Å². The molecule has 0 saturated carbocycles. The topological polar surface area (TPSA) is 94.9 Å². The van der Waals surface area contributed by atoms with Gasteiger partial charge in [-0.3, -0.25) is 14.6 Å². The Morgan fingerprint density at radius 1 is 1.44 bits per heavy atom. The van der Waals surface area contributed by atoms with Crippen molar-refractivity contribution in [3.8, 4) is 6.07 Å². The van der Waals surface area contributed by atoms with E-state index in [1.165, 1.54) is 6.20 Å². The summed E-state index contributed by atoms with van der Waals surface area (Å²) in [7, 11) is 0. The van der Waals surface area contributed by atoms with E-state index in [9.17, 15) is 9.59 Å². The summed E-state index contributed by atoms with van der Waals surface area (Å²) in [5.74, 6) is -1.66. The van der Waals surface area contributed by atoms with Crippen molar-refractivity contribution in [2.75, 3.05) is 11.9 Å². The van der Waals surface area contributed by atoms with Gasteiger partial charge in [0.25, 0.3) is 0 Å². The highest BCUT2D eigenvalue weighted by Crippen LogP contribution is 2.04. The van der Waals surface area contributed by atoms with E-state index in [1.54, 1.807) is 18.2 Å². The predicted molar refractivity (Wildman–Crippen MR) is 56.2 cm³/mol. The lowest BCUT2D eigenvalue weighted by atomic mass is 10.3. The van der Waals surface area contributed by atoms with Gasteiger partial charge >= 0.3 is 11.8 Å². The molecule has 2 amide bonds. The zero-order valence-electron chi connectivity index (χ0n) is 8.65. The van der Waals surface area contributed by atoms with Gasteiger partial charge in [0.2, 0.25) is 0 Å². The molecular weight excluding hydrogens is 208 g/mol. The van der Waals surface area contributed by atoms with Gasteiger partial charge in [-0.2, -0.15) is 5.26 Å². The molecule has 0 aliphatic carbocycles. The zero-order chi connectivity index (χ0) is 12.0. The lowest BCUT2D eigenvalue weighted by molar-refractivity contribution is -0.136. The minimum atomic E-state index is -0.845. The largest absolute Gasteiger partial charge is 0.335 e. The van der Waals surface area contributed by atoms with Crippen LogP contribution in [0.25, 0.3) is 0 Å². The molecule has 1 heterocycles. The number of anilines is 1. The third-order valence-corrected chi connectivity index (χ3v) is 1.70. The van der Waals surface area contributed by atoms with E-state index >= 15 is 0 Å². The van der Waals surface area contributed by atoms with Gasteiger partial charge in [-0.15, -0.1) is 0 Å². The van der Waals surface area contributed by atoms with Crippen LogP contribution in [0, 0.1) is 18.3 Å². The summed E-state index contributed by atoms with van der Waals surface area (Å²) in [6.45, 7) is 1.61. The van der Waals surface area contributed by atoms with Gasteiger partial charge in [-0.05, 0) is 19.1 Å². The molecule has 0 unspecified atom stereocenters. The van der Waals surface area contributed by atoms with E-state index < -0.39 is 11.8 Å². The van der Waals surface area contributed by atoms with Crippen molar-refractivity contribution < 1.29 is 9.59 Å². The highest BCUT2D eigenvalue weighted by Gasteiger charge is 2.12. The summed E-state index contributed by atoms with van der Waals surface area (Å²) >= 11 is 0. The second-order valence-corrected chi connectivity index (χ2v) is 2.98. The number of amides is 2. The summed E-state index contributed by atoms with van der Waals surface area (Å²) in [5, 5.41) is 12.7. The average molecular weight is 218 g/mol. The molecule has 0 radical (unpaired) electrons. The molecule has 0 aromatic carbocycles. The van der Waals surface area contributed by atoms with Gasteiger partial charge in [-0.25, -0.2) is 0 Å². The van der Waals surface area contributed by atoms with Crippen molar-refractivity contribution in [2.45, 2.75) is 6.92 Å². The van der Waals surface area contributed by atoms with Crippen molar-refractivity contribution in [2.24, 2.45) is 0 Å². The Hall–Kier alpha value is -2.42. The van der Waals surface area contributed by atoms with Gasteiger partial charge in [0, 0.05) is 5.69 Å². The van der Waals surface area contributed by atoms with Crippen LogP contribution in [0.2, 0.25) is 0 Å². The van der Waals surface area contributed by atoms with Gasteiger partial charge < -0.3 is 10.6 Å². The molecule has 82 valence electrons. The summed E-state index contributed by atoms with van der Waals surface area (Å²) in [4.78, 5) is 26.3. The zero-order valence-corrected chi connectivity index (χ0v) is 8.65. The monoisotopic (exact) mass is 218 g/mol. The van der Waals surface area contributed by atoms with Crippen LogP contribution in [0.5, 0.6) is 0 Å². The van der Waals surface area contributed by atoms with Crippen LogP contribution < -0.4 is 10.6 Å². The first-order valence-electron chi connectivity index (χ1n) is 4.52. The first-order chi connectivity index (χ1) is 7.63. The van der Waals surface area contributed by atoms with Crippen molar-refractivity contribution >= 4 is 17.5 Å². The van der Waals surface area contributed by atoms with E-state index in [2.05, 4.69) is 15.6 Å². The lowest BCUT2D eigenvalue weighted by Gasteiger charge is -2.03. The van der Waals surface area contributed by atoms with Gasteiger partial charge in [0.15, 0.2) is 0 Å². The number of nitrogens with zero attached hydrogens (tertiary/aromatic N) is 2. The third kappa shape index (κ3) is 3.38. The molecule has 0 aliphatic heterocycles. The second kappa shape index (κ2) is 5.46. The van der Waals surface area contributed by atoms with Crippen LogP contribution in [0.3, 0.4) is 0 Å². The molecule has 2 N–H and O–H groups in total.